The van der Waals surface area contributed by atoms with Crippen molar-refractivity contribution in [2.45, 2.75) is 24.7 Å². The fourth-order valence-corrected chi connectivity index (χ4v) is 3.29. The Kier molecular flexibility index (Phi) is 4.94. The fraction of sp³-hybridized carbons (Fsp3) is 0.211. The third-order valence-electron chi connectivity index (χ3n) is 4.11. The molecule has 0 aliphatic carbocycles. The van der Waals surface area contributed by atoms with Crippen molar-refractivity contribution in [2.75, 3.05) is 6.26 Å². The van der Waals surface area contributed by atoms with E-state index in [1.165, 1.54) is 6.26 Å². The average molecular weight is 344 g/mol. The molecule has 2 aromatic carbocycles. The van der Waals surface area contributed by atoms with E-state index in [-0.39, 0.29) is 11.3 Å². The first-order chi connectivity index (χ1) is 11.1. The molecule has 0 atom stereocenters. The minimum Gasteiger partial charge on any atom is -0.481 e. The second kappa shape index (κ2) is 6.61. The van der Waals surface area contributed by atoms with Gasteiger partial charge < -0.3 is 5.11 Å². The topological polar surface area (TPSA) is 71.4 Å². The molecule has 24 heavy (non-hydrogen) atoms. The van der Waals surface area contributed by atoms with Crippen molar-refractivity contribution in [3.8, 4) is 0 Å². The third-order valence-corrected chi connectivity index (χ3v) is 5.24. The summed E-state index contributed by atoms with van der Waals surface area (Å²) < 4.78 is 23.1. The minimum atomic E-state index is -3.22. The molecule has 4 nitrogen and oxygen atoms in total. The van der Waals surface area contributed by atoms with Crippen LogP contribution in [0.15, 0.2) is 35.2 Å². The molecule has 0 heterocycles. The summed E-state index contributed by atoms with van der Waals surface area (Å²) >= 11 is 0. The van der Waals surface area contributed by atoms with Crippen LogP contribution in [0.2, 0.25) is 0 Å². The van der Waals surface area contributed by atoms with Crippen LogP contribution in [0.3, 0.4) is 0 Å². The van der Waals surface area contributed by atoms with Crippen LogP contribution in [-0.4, -0.2) is 25.7 Å². The molecule has 2 aromatic rings. The monoisotopic (exact) mass is 344 g/mol. The van der Waals surface area contributed by atoms with Crippen molar-refractivity contribution >= 4 is 29.0 Å². The van der Waals surface area contributed by atoms with Crippen LogP contribution in [0.1, 0.15) is 22.3 Å². The summed E-state index contributed by atoms with van der Waals surface area (Å²) in [6.07, 6.45) is 1.66. The van der Waals surface area contributed by atoms with Gasteiger partial charge in [0.1, 0.15) is 0 Å². The number of hydrogen-bond acceptors (Lipinski definition) is 3. The summed E-state index contributed by atoms with van der Waals surface area (Å²) in [5, 5.41) is 10.5. The number of carbonyl (C=O) groups is 1. The van der Waals surface area contributed by atoms with Crippen LogP contribution in [0.4, 0.5) is 0 Å². The van der Waals surface area contributed by atoms with Gasteiger partial charge in [-0.2, -0.15) is 0 Å². The number of carboxylic acids is 1. The third kappa shape index (κ3) is 3.92. The zero-order valence-electron chi connectivity index (χ0n) is 13.8. The number of benzene rings is 2. The molecule has 5 heteroatoms. The minimum absolute atomic E-state index is 0.0609. The smallest absolute Gasteiger partial charge is 0.307 e. The number of sulfone groups is 1. The van der Waals surface area contributed by atoms with Gasteiger partial charge in [-0.1, -0.05) is 31.4 Å². The summed E-state index contributed by atoms with van der Waals surface area (Å²) in [7, 11) is -3.22. The molecule has 0 amide bonds. The van der Waals surface area contributed by atoms with E-state index in [0.717, 1.165) is 27.5 Å². The predicted octanol–water partition coefficient (Wildman–Crippen LogP) is 1.44. The maximum absolute atomic E-state index is 11.5. The molecule has 0 unspecified atom stereocenters. The molecule has 126 valence electrons. The van der Waals surface area contributed by atoms with Gasteiger partial charge in [-0.25, -0.2) is 8.42 Å². The second-order valence-corrected chi connectivity index (χ2v) is 7.96. The molecule has 0 aliphatic heterocycles. The molecule has 0 bridgehead atoms. The standard InChI is InChI=1S/C19H20O4S/c1-12-9-16(11-19(20)21)14(3)18(13(12)2)10-15-5-7-17(8-6-15)24(4,22)23/h5-9H,1-2,10-11H2,3-4H3,(H,20,21). The average Bonchev–Trinajstić information content (AvgIpc) is 2.48. The lowest BCUT2D eigenvalue weighted by Gasteiger charge is -2.12. The van der Waals surface area contributed by atoms with Crippen LogP contribution < -0.4 is 10.4 Å². The summed E-state index contributed by atoms with van der Waals surface area (Å²) in [4.78, 5) is 11.3. The van der Waals surface area contributed by atoms with Crippen LogP contribution in [0.5, 0.6) is 0 Å². The number of aliphatic carboxylic acids is 1. The van der Waals surface area contributed by atoms with Gasteiger partial charge >= 0.3 is 5.97 Å². The molecule has 0 radical (unpaired) electrons. The van der Waals surface area contributed by atoms with Gasteiger partial charge in [0, 0.05) is 6.26 Å². The predicted molar refractivity (Wildman–Crippen MR) is 95.2 cm³/mol. The van der Waals surface area contributed by atoms with E-state index < -0.39 is 15.8 Å². The molecule has 0 aliphatic rings. The van der Waals surface area contributed by atoms with Gasteiger partial charge in [0.05, 0.1) is 11.3 Å². The first kappa shape index (κ1) is 17.9. The molecule has 1 N–H and O–H groups in total. The van der Waals surface area contributed by atoms with E-state index in [4.69, 9.17) is 5.11 Å². The molecular formula is C19H20O4S. The summed E-state index contributed by atoms with van der Waals surface area (Å²) in [5.41, 5.74) is 3.48. The van der Waals surface area contributed by atoms with Crippen molar-refractivity contribution in [1.29, 1.82) is 0 Å². The van der Waals surface area contributed by atoms with Gasteiger partial charge in [0.25, 0.3) is 0 Å². The molecule has 0 saturated carbocycles. The van der Waals surface area contributed by atoms with E-state index in [9.17, 15) is 13.2 Å². The van der Waals surface area contributed by atoms with Crippen molar-refractivity contribution in [2.24, 2.45) is 0 Å². The fourth-order valence-electron chi connectivity index (χ4n) is 2.66. The zero-order chi connectivity index (χ0) is 18.1. The van der Waals surface area contributed by atoms with Crippen LogP contribution in [0.25, 0.3) is 13.2 Å². The van der Waals surface area contributed by atoms with Crippen molar-refractivity contribution in [1.82, 2.24) is 0 Å². The molecule has 0 spiro atoms. The number of hydrogen-bond donors (Lipinski definition) is 1. The zero-order valence-corrected chi connectivity index (χ0v) is 14.6. The van der Waals surface area contributed by atoms with Gasteiger partial charge in [0.15, 0.2) is 9.84 Å². The van der Waals surface area contributed by atoms with E-state index >= 15 is 0 Å². The Balaban J connectivity index is 2.46. The van der Waals surface area contributed by atoms with Gasteiger partial charge in [-0.3, -0.25) is 4.79 Å². The Labute approximate surface area is 141 Å². The summed E-state index contributed by atoms with van der Waals surface area (Å²) in [6.45, 7) is 9.87. The van der Waals surface area contributed by atoms with Crippen molar-refractivity contribution < 1.29 is 18.3 Å². The van der Waals surface area contributed by atoms with E-state index in [1.54, 1.807) is 30.3 Å². The highest BCUT2D eigenvalue weighted by Gasteiger charge is 2.11. The lowest BCUT2D eigenvalue weighted by Crippen LogP contribution is -2.29. The Morgan fingerprint density at radius 1 is 1.17 bits per heavy atom. The highest BCUT2D eigenvalue weighted by molar-refractivity contribution is 7.90. The normalized spacial score (nSPS) is 11.4. The quantitative estimate of drug-likeness (QED) is 0.891. The Morgan fingerprint density at radius 3 is 2.25 bits per heavy atom. The van der Waals surface area contributed by atoms with Crippen LogP contribution in [0, 0.1) is 6.92 Å². The second-order valence-electron chi connectivity index (χ2n) is 5.94. The van der Waals surface area contributed by atoms with Gasteiger partial charge in [-0.05, 0) is 58.2 Å². The van der Waals surface area contributed by atoms with Gasteiger partial charge in [-0.15, -0.1) is 0 Å². The van der Waals surface area contributed by atoms with Crippen LogP contribution in [-0.2, 0) is 27.5 Å². The van der Waals surface area contributed by atoms with E-state index in [0.29, 0.717) is 11.6 Å². The van der Waals surface area contributed by atoms with Gasteiger partial charge in [0.2, 0.25) is 0 Å². The Morgan fingerprint density at radius 2 is 1.75 bits per heavy atom. The SMILES string of the molecule is C=c1cc(CC(=O)O)c(C)c(Cc2ccc(S(C)(=O)=O)cc2)c1=C. The number of carboxylic acid groups (broad SMARTS) is 1. The molecule has 0 saturated heterocycles. The van der Waals surface area contributed by atoms with Crippen LogP contribution >= 0.6 is 0 Å². The van der Waals surface area contributed by atoms with Crippen molar-refractivity contribution in [3.05, 3.63) is 63.0 Å². The lowest BCUT2D eigenvalue weighted by molar-refractivity contribution is -0.136. The molecular weight excluding hydrogens is 324 g/mol. The first-order valence-electron chi connectivity index (χ1n) is 7.39. The number of rotatable bonds is 5. The van der Waals surface area contributed by atoms with Crippen molar-refractivity contribution in [3.63, 3.8) is 0 Å². The Hall–Kier alpha value is -2.40. The first-order valence-corrected chi connectivity index (χ1v) is 9.28. The molecule has 0 fully saturated rings. The summed E-state index contributed by atoms with van der Waals surface area (Å²) in [5.74, 6) is -0.891. The van der Waals surface area contributed by atoms with E-state index in [1.807, 2.05) is 6.92 Å². The highest BCUT2D eigenvalue weighted by Crippen LogP contribution is 2.16. The molecule has 0 aromatic heterocycles. The Bertz CT molecular complexity index is 987. The highest BCUT2D eigenvalue weighted by atomic mass is 32.2. The van der Waals surface area contributed by atoms with E-state index in [2.05, 4.69) is 13.2 Å². The maximum Gasteiger partial charge on any atom is 0.307 e. The summed E-state index contributed by atoms with van der Waals surface area (Å²) in [6, 6.07) is 8.45. The largest absolute Gasteiger partial charge is 0.481 e. The molecule has 2 rings (SSSR count). The maximum atomic E-state index is 11.5. The lowest BCUT2D eigenvalue weighted by atomic mass is 9.93.